The van der Waals surface area contributed by atoms with E-state index in [1.54, 1.807) is 31.4 Å². The van der Waals surface area contributed by atoms with Gasteiger partial charge in [0, 0.05) is 23.4 Å². The third-order valence-electron chi connectivity index (χ3n) is 5.26. The van der Waals surface area contributed by atoms with Crippen LogP contribution in [0.15, 0.2) is 53.3 Å². The second kappa shape index (κ2) is 9.47. The number of rotatable bonds is 7. The zero-order valence-corrected chi connectivity index (χ0v) is 18.4. The van der Waals surface area contributed by atoms with Crippen molar-refractivity contribution in [3.8, 4) is 22.8 Å². The van der Waals surface area contributed by atoms with Crippen LogP contribution in [0.1, 0.15) is 30.5 Å². The predicted molar refractivity (Wildman–Crippen MR) is 121 cm³/mol. The van der Waals surface area contributed by atoms with Crippen LogP contribution in [0.5, 0.6) is 11.5 Å². The van der Waals surface area contributed by atoms with Gasteiger partial charge in [0.25, 0.3) is 5.56 Å². The summed E-state index contributed by atoms with van der Waals surface area (Å²) >= 11 is 0. The molecule has 7 nitrogen and oxygen atoms in total. The molecule has 2 aromatic carbocycles. The first-order chi connectivity index (χ1) is 14.9. The molecule has 0 bridgehead atoms. The van der Waals surface area contributed by atoms with Crippen molar-refractivity contribution in [2.24, 2.45) is 0 Å². The summed E-state index contributed by atoms with van der Waals surface area (Å²) in [6, 6.07) is 13.5. The van der Waals surface area contributed by atoms with Crippen molar-refractivity contribution in [2.75, 3.05) is 19.5 Å². The molecule has 7 heteroatoms. The molecule has 0 unspecified atom stereocenters. The highest BCUT2D eigenvalue weighted by Gasteiger charge is 2.22. The molecule has 31 heavy (non-hydrogen) atoms. The fourth-order valence-corrected chi connectivity index (χ4v) is 3.31. The van der Waals surface area contributed by atoms with Crippen molar-refractivity contribution < 1.29 is 14.3 Å². The molecule has 0 fully saturated rings. The molecule has 0 aliphatic carbocycles. The zero-order chi connectivity index (χ0) is 22.5. The van der Waals surface area contributed by atoms with Crippen molar-refractivity contribution in [3.05, 3.63) is 70.0 Å². The Morgan fingerprint density at radius 3 is 2.39 bits per heavy atom. The van der Waals surface area contributed by atoms with Gasteiger partial charge in [-0.3, -0.25) is 9.59 Å². The summed E-state index contributed by atoms with van der Waals surface area (Å²) in [6.45, 7) is 5.91. The highest BCUT2D eigenvalue weighted by molar-refractivity contribution is 5.94. The molecule has 1 atom stereocenters. The molecule has 0 saturated heterocycles. The van der Waals surface area contributed by atoms with E-state index in [9.17, 15) is 9.59 Å². The van der Waals surface area contributed by atoms with Crippen LogP contribution in [0, 0.1) is 13.8 Å². The van der Waals surface area contributed by atoms with E-state index in [1.807, 2.05) is 39.0 Å². The Hall–Kier alpha value is -3.61. The van der Waals surface area contributed by atoms with Crippen molar-refractivity contribution in [1.29, 1.82) is 0 Å². The second-order valence-electron chi connectivity index (χ2n) is 7.28. The SMILES string of the molecule is CC[C@H](C(=O)Nc1ccc(OC)c(OC)c1)n1nc(-c2ccc(C)c(C)c2)ccc1=O. The topological polar surface area (TPSA) is 82.4 Å². The van der Waals surface area contributed by atoms with Crippen molar-refractivity contribution in [3.63, 3.8) is 0 Å². The molecule has 0 aliphatic rings. The number of nitrogens with zero attached hydrogens (tertiary/aromatic N) is 2. The number of ether oxygens (including phenoxy) is 2. The lowest BCUT2D eigenvalue weighted by Crippen LogP contribution is -2.34. The number of amides is 1. The standard InChI is InChI=1S/C24H27N3O4/c1-6-20(24(29)25-18-9-11-21(30-4)22(14-18)31-5)27-23(28)12-10-19(26-27)17-8-7-15(2)16(3)13-17/h7-14,20H,6H2,1-5H3,(H,25,29)/t20-/m1/s1. The minimum atomic E-state index is -0.757. The van der Waals surface area contributed by atoms with E-state index in [4.69, 9.17) is 9.47 Å². The molecule has 0 saturated carbocycles. The summed E-state index contributed by atoms with van der Waals surface area (Å²) in [4.78, 5) is 25.6. The van der Waals surface area contributed by atoms with E-state index >= 15 is 0 Å². The Morgan fingerprint density at radius 2 is 1.74 bits per heavy atom. The third-order valence-corrected chi connectivity index (χ3v) is 5.26. The minimum absolute atomic E-state index is 0.332. The molecule has 3 rings (SSSR count). The van der Waals surface area contributed by atoms with Gasteiger partial charge in [0.15, 0.2) is 11.5 Å². The molecule has 1 heterocycles. The lowest BCUT2D eigenvalue weighted by Gasteiger charge is -2.18. The van der Waals surface area contributed by atoms with Crippen molar-refractivity contribution in [2.45, 2.75) is 33.2 Å². The number of methoxy groups -OCH3 is 2. The molecule has 1 aromatic heterocycles. The Labute approximate surface area is 181 Å². The summed E-state index contributed by atoms with van der Waals surface area (Å²) in [6.07, 6.45) is 0.405. The van der Waals surface area contributed by atoms with Gasteiger partial charge in [-0.1, -0.05) is 19.1 Å². The van der Waals surface area contributed by atoms with Gasteiger partial charge in [0.2, 0.25) is 5.91 Å². The summed E-state index contributed by atoms with van der Waals surface area (Å²) in [5.41, 5.74) is 4.06. The molecule has 162 valence electrons. The maximum atomic E-state index is 13.0. The van der Waals surface area contributed by atoms with E-state index in [2.05, 4.69) is 10.4 Å². The third kappa shape index (κ3) is 4.77. The molecule has 0 radical (unpaired) electrons. The van der Waals surface area contributed by atoms with Gasteiger partial charge >= 0.3 is 0 Å². The van der Waals surface area contributed by atoms with E-state index < -0.39 is 6.04 Å². The van der Waals surface area contributed by atoms with E-state index in [1.165, 1.54) is 23.4 Å². The Kier molecular flexibility index (Phi) is 6.74. The first-order valence-corrected chi connectivity index (χ1v) is 10.1. The number of nitrogens with one attached hydrogen (secondary N) is 1. The molecule has 3 aromatic rings. The first kappa shape index (κ1) is 22.1. The Balaban J connectivity index is 1.92. The molecule has 0 spiro atoms. The fourth-order valence-electron chi connectivity index (χ4n) is 3.31. The minimum Gasteiger partial charge on any atom is -0.493 e. The van der Waals surface area contributed by atoms with E-state index in [0.717, 1.165) is 11.1 Å². The summed E-state index contributed by atoms with van der Waals surface area (Å²) in [5, 5.41) is 7.35. The van der Waals surface area contributed by atoms with Gasteiger partial charge in [-0.2, -0.15) is 5.10 Å². The summed E-state index contributed by atoms with van der Waals surface area (Å²) in [5.74, 6) is 0.730. The smallest absolute Gasteiger partial charge is 0.267 e. The van der Waals surface area contributed by atoms with Crippen LogP contribution in [0.4, 0.5) is 5.69 Å². The number of anilines is 1. The summed E-state index contributed by atoms with van der Waals surface area (Å²) < 4.78 is 11.8. The lowest BCUT2D eigenvalue weighted by atomic mass is 10.0. The Morgan fingerprint density at radius 1 is 1.00 bits per heavy atom. The van der Waals surface area contributed by atoms with Crippen LogP contribution in [0.3, 0.4) is 0 Å². The Bertz CT molecular complexity index is 1150. The van der Waals surface area contributed by atoms with E-state index in [0.29, 0.717) is 29.3 Å². The lowest BCUT2D eigenvalue weighted by molar-refractivity contribution is -0.119. The molecular formula is C24H27N3O4. The average Bonchev–Trinajstić information content (AvgIpc) is 2.77. The van der Waals surface area contributed by atoms with Gasteiger partial charge in [0.1, 0.15) is 6.04 Å². The number of hydrogen-bond acceptors (Lipinski definition) is 5. The molecule has 1 N–H and O–H groups in total. The van der Waals surface area contributed by atoms with Gasteiger partial charge in [0.05, 0.1) is 19.9 Å². The second-order valence-corrected chi connectivity index (χ2v) is 7.28. The van der Waals surface area contributed by atoms with Gasteiger partial charge in [-0.15, -0.1) is 0 Å². The van der Waals surface area contributed by atoms with Gasteiger partial charge in [-0.25, -0.2) is 4.68 Å². The van der Waals surface area contributed by atoms with Crippen LogP contribution >= 0.6 is 0 Å². The average molecular weight is 421 g/mol. The summed E-state index contributed by atoms with van der Waals surface area (Å²) in [7, 11) is 3.07. The molecule has 1 amide bonds. The monoisotopic (exact) mass is 421 g/mol. The number of benzene rings is 2. The number of hydrogen-bond donors (Lipinski definition) is 1. The van der Waals surface area contributed by atoms with Crippen LogP contribution in [-0.2, 0) is 4.79 Å². The molecule has 0 aliphatic heterocycles. The van der Waals surface area contributed by atoms with Crippen LogP contribution in [0.2, 0.25) is 0 Å². The predicted octanol–water partition coefficient (Wildman–Crippen LogP) is 4.13. The van der Waals surface area contributed by atoms with Crippen LogP contribution < -0.4 is 20.3 Å². The first-order valence-electron chi connectivity index (χ1n) is 10.1. The van der Waals surface area contributed by atoms with Crippen LogP contribution in [-0.4, -0.2) is 29.9 Å². The van der Waals surface area contributed by atoms with Gasteiger partial charge < -0.3 is 14.8 Å². The number of carbonyl (C=O) groups excluding carboxylic acids is 1. The zero-order valence-electron chi connectivity index (χ0n) is 18.4. The quantitative estimate of drug-likeness (QED) is 0.620. The maximum Gasteiger partial charge on any atom is 0.267 e. The van der Waals surface area contributed by atoms with Crippen molar-refractivity contribution >= 4 is 11.6 Å². The fraction of sp³-hybridized carbons (Fsp3) is 0.292. The normalized spacial score (nSPS) is 11.6. The highest BCUT2D eigenvalue weighted by Crippen LogP contribution is 2.30. The number of aryl methyl sites for hydroxylation is 2. The van der Waals surface area contributed by atoms with Crippen LogP contribution in [0.25, 0.3) is 11.3 Å². The highest BCUT2D eigenvalue weighted by atomic mass is 16.5. The number of carbonyl (C=O) groups is 1. The largest absolute Gasteiger partial charge is 0.493 e. The van der Waals surface area contributed by atoms with Gasteiger partial charge in [-0.05, 0) is 55.7 Å². The van der Waals surface area contributed by atoms with Crippen molar-refractivity contribution in [1.82, 2.24) is 9.78 Å². The maximum absolute atomic E-state index is 13.0. The van der Waals surface area contributed by atoms with E-state index in [-0.39, 0.29) is 11.5 Å². The number of aromatic nitrogens is 2. The molecular weight excluding hydrogens is 394 g/mol.